The lowest BCUT2D eigenvalue weighted by atomic mass is 10.1. The largest absolute Gasteiger partial charge is 0.491 e. The molecule has 0 heterocycles. The average molecular weight is 362 g/mol. The first-order chi connectivity index (χ1) is 13.2. The van der Waals surface area contributed by atoms with Crippen LogP contribution in [0.4, 0.5) is 0 Å². The minimum Gasteiger partial charge on any atom is -0.491 e. The summed E-state index contributed by atoms with van der Waals surface area (Å²) < 4.78 is 17.2. The number of hydrogen-bond donors (Lipinski definition) is 0. The van der Waals surface area contributed by atoms with Gasteiger partial charge in [-0.15, -0.1) is 0 Å². The molecule has 3 nitrogen and oxygen atoms in total. The molecule has 0 bridgehead atoms. The Hall–Kier alpha value is -2.78. The third-order valence-electron chi connectivity index (χ3n) is 4.30. The zero-order valence-electron chi connectivity index (χ0n) is 15.9. The molecule has 0 saturated heterocycles. The van der Waals surface area contributed by atoms with Gasteiger partial charge in [0.2, 0.25) is 0 Å². The van der Waals surface area contributed by atoms with Gasteiger partial charge in [-0.1, -0.05) is 61.5 Å². The predicted octanol–water partition coefficient (Wildman–Crippen LogP) is 5.74. The maximum Gasteiger partial charge on any atom is 0.197 e. The number of aryl methyl sites for hydroxylation is 1. The van der Waals surface area contributed by atoms with Crippen molar-refractivity contribution in [1.82, 2.24) is 0 Å². The monoisotopic (exact) mass is 362 g/mol. The fraction of sp³-hybridized carbons (Fsp3) is 0.250. The highest BCUT2D eigenvalue weighted by atomic mass is 16.7. The predicted molar refractivity (Wildman–Crippen MR) is 109 cm³/mol. The van der Waals surface area contributed by atoms with Gasteiger partial charge in [-0.3, -0.25) is 0 Å². The van der Waals surface area contributed by atoms with Crippen molar-refractivity contribution >= 4 is 0 Å². The van der Waals surface area contributed by atoms with Crippen molar-refractivity contribution in [2.45, 2.75) is 26.6 Å². The molecule has 3 heteroatoms. The second-order valence-electron chi connectivity index (χ2n) is 6.29. The maximum absolute atomic E-state index is 5.75. The molecule has 140 valence electrons. The van der Waals surface area contributed by atoms with E-state index in [1.54, 1.807) is 0 Å². The second-order valence-corrected chi connectivity index (χ2v) is 6.29. The van der Waals surface area contributed by atoms with Crippen LogP contribution in [0.1, 0.15) is 19.4 Å². The summed E-state index contributed by atoms with van der Waals surface area (Å²) in [6.07, 6.45) is 0.706. The second kappa shape index (κ2) is 9.79. The van der Waals surface area contributed by atoms with Crippen LogP contribution in [0.25, 0.3) is 11.1 Å². The SMILES string of the molecule is CCc1ccc(OC(C)OCCOc2ccc(-c3ccccc3)cc2)cc1. The van der Waals surface area contributed by atoms with Gasteiger partial charge in [0.25, 0.3) is 0 Å². The zero-order valence-corrected chi connectivity index (χ0v) is 15.9. The van der Waals surface area contributed by atoms with Crippen LogP contribution in [0.2, 0.25) is 0 Å². The summed E-state index contributed by atoms with van der Waals surface area (Å²) in [5.74, 6) is 1.65. The van der Waals surface area contributed by atoms with E-state index < -0.39 is 0 Å². The number of rotatable bonds is 9. The van der Waals surface area contributed by atoms with E-state index in [4.69, 9.17) is 14.2 Å². The Bertz CT molecular complexity index is 795. The molecule has 1 atom stereocenters. The Labute approximate surface area is 161 Å². The fourth-order valence-corrected chi connectivity index (χ4v) is 2.78. The van der Waals surface area contributed by atoms with Crippen molar-refractivity contribution in [1.29, 1.82) is 0 Å². The third kappa shape index (κ3) is 5.87. The highest BCUT2D eigenvalue weighted by Gasteiger charge is 2.04. The quantitative estimate of drug-likeness (QED) is 0.359. The zero-order chi connectivity index (χ0) is 18.9. The first-order valence-electron chi connectivity index (χ1n) is 9.40. The van der Waals surface area contributed by atoms with Crippen LogP contribution in [0.5, 0.6) is 11.5 Å². The number of benzene rings is 3. The van der Waals surface area contributed by atoms with E-state index in [1.165, 1.54) is 16.7 Å². The van der Waals surface area contributed by atoms with Crippen LogP contribution < -0.4 is 9.47 Å². The van der Waals surface area contributed by atoms with Gasteiger partial charge in [-0.05, 0) is 54.3 Å². The van der Waals surface area contributed by atoms with Gasteiger partial charge in [0.05, 0.1) is 6.61 Å². The smallest absolute Gasteiger partial charge is 0.197 e. The molecule has 0 saturated carbocycles. The van der Waals surface area contributed by atoms with Crippen LogP contribution in [-0.4, -0.2) is 19.5 Å². The Balaban J connectivity index is 1.39. The van der Waals surface area contributed by atoms with Crippen molar-refractivity contribution in [2.24, 2.45) is 0 Å². The van der Waals surface area contributed by atoms with Crippen molar-refractivity contribution in [3.8, 4) is 22.6 Å². The molecule has 3 aromatic rings. The Morgan fingerprint density at radius 1 is 0.704 bits per heavy atom. The summed E-state index contributed by atoms with van der Waals surface area (Å²) in [5, 5.41) is 0. The number of ether oxygens (including phenoxy) is 3. The first kappa shape index (κ1) is 19.0. The summed E-state index contributed by atoms with van der Waals surface area (Å²) in [4.78, 5) is 0. The summed E-state index contributed by atoms with van der Waals surface area (Å²) >= 11 is 0. The minimum absolute atomic E-state index is 0.318. The highest BCUT2D eigenvalue weighted by molar-refractivity contribution is 5.63. The van der Waals surface area contributed by atoms with Crippen molar-refractivity contribution in [2.75, 3.05) is 13.2 Å². The van der Waals surface area contributed by atoms with Gasteiger partial charge in [0, 0.05) is 0 Å². The molecule has 0 aliphatic heterocycles. The van der Waals surface area contributed by atoms with Crippen LogP contribution in [0.15, 0.2) is 78.9 Å². The van der Waals surface area contributed by atoms with Gasteiger partial charge in [-0.25, -0.2) is 0 Å². The first-order valence-corrected chi connectivity index (χ1v) is 9.40. The molecule has 3 aromatic carbocycles. The van der Waals surface area contributed by atoms with Gasteiger partial charge >= 0.3 is 0 Å². The topological polar surface area (TPSA) is 27.7 Å². The summed E-state index contributed by atoms with van der Waals surface area (Å²) in [5.41, 5.74) is 3.67. The Morgan fingerprint density at radius 3 is 2.00 bits per heavy atom. The van der Waals surface area contributed by atoms with Gasteiger partial charge < -0.3 is 14.2 Å². The van der Waals surface area contributed by atoms with E-state index in [9.17, 15) is 0 Å². The molecule has 0 aliphatic rings. The molecule has 0 radical (unpaired) electrons. The van der Waals surface area contributed by atoms with E-state index >= 15 is 0 Å². The normalized spacial score (nSPS) is 11.8. The average Bonchev–Trinajstić information content (AvgIpc) is 2.73. The summed E-state index contributed by atoms with van der Waals surface area (Å²) in [6, 6.07) is 26.5. The van der Waals surface area contributed by atoms with Gasteiger partial charge in [-0.2, -0.15) is 0 Å². The van der Waals surface area contributed by atoms with Crippen molar-refractivity contribution in [3.63, 3.8) is 0 Å². The lowest BCUT2D eigenvalue weighted by molar-refractivity contribution is -0.0739. The van der Waals surface area contributed by atoms with Crippen molar-refractivity contribution in [3.05, 3.63) is 84.4 Å². The lowest BCUT2D eigenvalue weighted by Crippen LogP contribution is -2.19. The molecule has 0 N–H and O–H groups in total. The van der Waals surface area contributed by atoms with Crippen LogP contribution in [0, 0.1) is 0 Å². The van der Waals surface area contributed by atoms with Crippen LogP contribution in [-0.2, 0) is 11.2 Å². The molecule has 1 unspecified atom stereocenters. The summed E-state index contributed by atoms with van der Waals surface area (Å²) in [7, 11) is 0. The van der Waals surface area contributed by atoms with Gasteiger partial charge in [0.15, 0.2) is 6.29 Å². The van der Waals surface area contributed by atoms with E-state index in [1.807, 2.05) is 49.4 Å². The maximum atomic E-state index is 5.75. The van der Waals surface area contributed by atoms with Crippen molar-refractivity contribution < 1.29 is 14.2 Å². The van der Waals surface area contributed by atoms with Gasteiger partial charge in [0.1, 0.15) is 18.1 Å². The molecule has 27 heavy (non-hydrogen) atoms. The fourth-order valence-electron chi connectivity index (χ4n) is 2.78. The summed E-state index contributed by atoms with van der Waals surface area (Å²) in [6.45, 7) is 4.97. The molecule has 0 amide bonds. The Morgan fingerprint density at radius 2 is 1.33 bits per heavy atom. The van der Waals surface area contributed by atoms with E-state index in [0.717, 1.165) is 17.9 Å². The van der Waals surface area contributed by atoms with Crippen LogP contribution >= 0.6 is 0 Å². The third-order valence-corrected chi connectivity index (χ3v) is 4.30. The minimum atomic E-state index is -0.318. The molecular formula is C24H26O3. The standard InChI is InChI=1S/C24H26O3/c1-3-20-9-13-24(14-10-20)27-19(2)25-17-18-26-23-15-11-22(12-16-23)21-7-5-4-6-8-21/h4-16,19H,3,17-18H2,1-2H3. The molecule has 0 aromatic heterocycles. The van der Waals surface area contributed by atoms with E-state index in [2.05, 4.69) is 43.3 Å². The highest BCUT2D eigenvalue weighted by Crippen LogP contribution is 2.22. The molecule has 3 rings (SSSR count). The Kier molecular flexibility index (Phi) is 6.89. The lowest BCUT2D eigenvalue weighted by Gasteiger charge is -2.16. The van der Waals surface area contributed by atoms with E-state index in [-0.39, 0.29) is 6.29 Å². The molecule has 0 fully saturated rings. The molecular weight excluding hydrogens is 336 g/mol. The van der Waals surface area contributed by atoms with Crippen LogP contribution in [0.3, 0.4) is 0 Å². The van der Waals surface area contributed by atoms with E-state index in [0.29, 0.717) is 13.2 Å². The number of hydrogen-bond acceptors (Lipinski definition) is 3. The molecule has 0 spiro atoms. The molecule has 0 aliphatic carbocycles.